The summed E-state index contributed by atoms with van der Waals surface area (Å²) >= 11 is 0. The molecular formula is C14H27N3O. The monoisotopic (exact) mass is 253 g/mol. The number of likely N-dealkylation sites (tertiary alicyclic amines) is 1. The van der Waals surface area contributed by atoms with Crippen molar-refractivity contribution >= 4 is 5.91 Å². The number of carbonyl (C=O) groups excluding carboxylic acids is 1. The van der Waals surface area contributed by atoms with E-state index in [4.69, 9.17) is 5.73 Å². The van der Waals surface area contributed by atoms with Crippen LogP contribution in [0.3, 0.4) is 0 Å². The number of primary amides is 1. The Hall–Kier alpha value is -0.610. The van der Waals surface area contributed by atoms with Gasteiger partial charge in [-0.15, -0.1) is 0 Å². The molecule has 18 heavy (non-hydrogen) atoms. The predicted octanol–water partition coefficient (Wildman–Crippen LogP) is 1.10. The number of carbonyl (C=O) groups is 1. The molecule has 3 atom stereocenters. The van der Waals surface area contributed by atoms with Gasteiger partial charge >= 0.3 is 0 Å². The van der Waals surface area contributed by atoms with E-state index in [1.54, 1.807) is 0 Å². The predicted molar refractivity (Wildman–Crippen MR) is 73.2 cm³/mol. The second-order valence-electron chi connectivity index (χ2n) is 6.02. The van der Waals surface area contributed by atoms with Gasteiger partial charge in [-0.25, -0.2) is 0 Å². The zero-order valence-electron chi connectivity index (χ0n) is 11.9. The highest BCUT2D eigenvalue weighted by Gasteiger charge is 2.51. The summed E-state index contributed by atoms with van der Waals surface area (Å²) in [5.74, 6) is 0.256. The lowest BCUT2D eigenvalue weighted by Gasteiger charge is -2.38. The van der Waals surface area contributed by atoms with Gasteiger partial charge < -0.3 is 11.1 Å². The van der Waals surface area contributed by atoms with E-state index in [1.165, 1.54) is 12.8 Å². The molecule has 1 aliphatic heterocycles. The van der Waals surface area contributed by atoms with E-state index in [9.17, 15) is 4.79 Å². The first-order chi connectivity index (χ1) is 8.55. The van der Waals surface area contributed by atoms with E-state index >= 15 is 0 Å². The topological polar surface area (TPSA) is 58.4 Å². The van der Waals surface area contributed by atoms with Crippen LogP contribution in [0.25, 0.3) is 0 Å². The Morgan fingerprint density at radius 1 is 1.39 bits per heavy atom. The van der Waals surface area contributed by atoms with E-state index in [0.717, 1.165) is 25.8 Å². The van der Waals surface area contributed by atoms with Crippen molar-refractivity contribution in [2.24, 2.45) is 11.7 Å². The summed E-state index contributed by atoms with van der Waals surface area (Å²) < 4.78 is 0. The summed E-state index contributed by atoms with van der Waals surface area (Å²) in [4.78, 5) is 14.5. The van der Waals surface area contributed by atoms with E-state index in [2.05, 4.69) is 24.1 Å². The first-order valence-corrected chi connectivity index (χ1v) is 7.29. The van der Waals surface area contributed by atoms with Gasteiger partial charge in [0.15, 0.2) is 0 Å². The third-order valence-corrected chi connectivity index (χ3v) is 5.02. The zero-order valence-corrected chi connectivity index (χ0v) is 11.9. The van der Waals surface area contributed by atoms with Crippen LogP contribution in [-0.2, 0) is 4.79 Å². The van der Waals surface area contributed by atoms with E-state index < -0.39 is 5.54 Å². The average Bonchev–Trinajstić information content (AvgIpc) is 3.13. The summed E-state index contributed by atoms with van der Waals surface area (Å²) in [6, 6.07) is 1.19. The van der Waals surface area contributed by atoms with Crippen molar-refractivity contribution in [1.29, 1.82) is 0 Å². The number of rotatable bonds is 6. The van der Waals surface area contributed by atoms with Gasteiger partial charge in [0.25, 0.3) is 0 Å². The van der Waals surface area contributed by atoms with Crippen molar-refractivity contribution in [3.8, 4) is 0 Å². The molecule has 4 heteroatoms. The molecule has 1 aliphatic carbocycles. The van der Waals surface area contributed by atoms with Crippen LogP contribution >= 0.6 is 0 Å². The number of nitrogens with zero attached hydrogens (tertiary/aromatic N) is 1. The number of nitrogens with two attached hydrogens (primary N) is 1. The van der Waals surface area contributed by atoms with Gasteiger partial charge in [0.2, 0.25) is 5.91 Å². The minimum absolute atomic E-state index is 0.179. The molecular weight excluding hydrogens is 226 g/mol. The van der Waals surface area contributed by atoms with Crippen molar-refractivity contribution < 1.29 is 4.79 Å². The molecule has 1 amide bonds. The fraction of sp³-hybridized carbons (Fsp3) is 0.929. The van der Waals surface area contributed by atoms with Gasteiger partial charge in [0.1, 0.15) is 5.54 Å². The molecule has 4 nitrogen and oxygen atoms in total. The minimum atomic E-state index is -0.508. The van der Waals surface area contributed by atoms with E-state index in [-0.39, 0.29) is 5.91 Å². The molecule has 2 rings (SSSR count). The Morgan fingerprint density at radius 3 is 2.50 bits per heavy atom. The summed E-state index contributed by atoms with van der Waals surface area (Å²) in [6.07, 6.45) is 5.90. The normalized spacial score (nSPS) is 32.4. The van der Waals surface area contributed by atoms with Crippen LogP contribution in [-0.4, -0.2) is 42.0 Å². The number of amides is 1. The van der Waals surface area contributed by atoms with Crippen LogP contribution in [0, 0.1) is 5.92 Å². The molecule has 0 aromatic carbocycles. The smallest absolute Gasteiger partial charge is 0.239 e. The third kappa shape index (κ3) is 2.28. The fourth-order valence-corrected chi connectivity index (χ4v) is 3.53. The molecule has 2 fully saturated rings. The Balaban J connectivity index is 2.15. The Labute approximate surface area is 110 Å². The molecule has 3 N–H and O–H groups in total. The molecule has 0 aromatic rings. The maximum atomic E-state index is 12.0. The van der Waals surface area contributed by atoms with Crippen LogP contribution in [0.1, 0.15) is 46.0 Å². The largest absolute Gasteiger partial charge is 0.368 e. The molecule has 1 heterocycles. The average molecular weight is 253 g/mol. The van der Waals surface area contributed by atoms with Gasteiger partial charge in [0.05, 0.1) is 0 Å². The highest BCUT2D eigenvalue weighted by atomic mass is 16.1. The fourth-order valence-electron chi connectivity index (χ4n) is 3.53. The quantitative estimate of drug-likeness (QED) is 0.745. The van der Waals surface area contributed by atoms with Crippen LogP contribution in [0.4, 0.5) is 0 Å². The summed E-state index contributed by atoms with van der Waals surface area (Å²) in [5.41, 5.74) is 5.20. The molecule has 0 radical (unpaired) electrons. The standard InChI is InChI=1S/C14H27N3O/c1-4-12-8-5-10(2)17(12)9-14(16-3,13(15)18)11-6-7-11/h10-12,16H,4-9H2,1-3H3,(H2,15,18). The van der Waals surface area contributed by atoms with Crippen molar-refractivity contribution in [2.75, 3.05) is 13.6 Å². The molecule has 0 bridgehead atoms. The second kappa shape index (κ2) is 5.17. The van der Waals surface area contributed by atoms with Crippen LogP contribution in [0.15, 0.2) is 0 Å². The van der Waals surface area contributed by atoms with E-state index in [0.29, 0.717) is 18.0 Å². The van der Waals surface area contributed by atoms with Crippen LogP contribution < -0.4 is 11.1 Å². The zero-order chi connectivity index (χ0) is 13.3. The lowest BCUT2D eigenvalue weighted by Crippen LogP contribution is -2.63. The number of nitrogens with one attached hydrogen (secondary N) is 1. The minimum Gasteiger partial charge on any atom is -0.368 e. The number of hydrogen-bond acceptors (Lipinski definition) is 3. The Bertz CT molecular complexity index is 316. The van der Waals surface area contributed by atoms with Gasteiger partial charge in [0, 0.05) is 18.6 Å². The van der Waals surface area contributed by atoms with Gasteiger partial charge in [-0.1, -0.05) is 6.92 Å². The van der Waals surface area contributed by atoms with Crippen molar-refractivity contribution in [1.82, 2.24) is 10.2 Å². The first-order valence-electron chi connectivity index (χ1n) is 7.29. The van der Waals surface area contributed by atoms with Crippen molar-refractivity contribution in [3.63, 3.8) is 0 Å². The highest BCUT2D eigenvalue weighted by molar-refractivity contribution is 5.86. The van der Waals surface area contributed by atoms with E-state index in [1.807, 2.05) is 7.05 Å². The summed E-state index contributed by atoms with van der Waals surface area (Å²) in [7, 11) is 1.88. The lowest BCUT2D eigenvalue weighted by atomic mass is 9.91. The molecule has 104 valence electrons. The number of hydrogen-bond donors (Lipinski definition) is 2. The summed E-state index contributed by atoms with van der Waals surface area (Å²) in [6.45, 7) is 5.28. The molecule has 1 saturated carbocycles. The third-order valence-electron chi connectivity index (χ3n) is 5.02. The first kappa shape index (κ1) is 13.8. The molecule has 3 unspecified atom stereocenters. The second-order valence-corrected chi connectivity index (χ2v) is 6.02. The Kier molecular flexibility index (Phi) is 3.97. The molecule has 0 spiro atoms. The van der Waals surface area contributed by atoms with Gasteiger partial charge in [-0.2, -0.15) is 0 Å². The molecule has 1 saturated heterocycles. The summed E-state index contributed by atoms with van der Waals surface area (Å²) in [5, 5.41) is 3.25. The maximum absolute atomic E-state index is 12.0. The SMILES string of the molecule is CCC1CCC(C)N1CC(NC)(C(N)=O)C1CC1. The number of likely N-dealkylation sites (N-methyl/N-ethyl adjacent to an activating group) is 1. The highest BCUT2D eigenvalue weighted by Crippen LogP contribution is 2.41. The maximum Gasteiger partial charge on any atom is 0.239 e. The van der Waals surface area contributed by atoms with Crippen molar-refractivity contribution in [2.45, 2.75) is 63.6 Å². The van der Waals surface area contributed by atoms with Crippen LogP contribution in [0.2, 0.25) is 0 Å². The van der Waals surface area contributed by atoms with Crippen molar-refractivity contribution in [3.05, 3.63) is 0 Å². The van der Waals surface area contributed by atoms with Crippen LogP contribution in [0.5, 0.6) is 0 Å². The molecule has 0 aromatic heterocycles. The Morgan fingerprint density at radius 2 is 2.06 bits per heavy atom. The van der Waals surface area contributed by atoms with Gasteiger partial charge in [-0.05, 0) is 52.0 Å². The lowest BCUT2D eigenvalue weighted by molar-refractivity contribution is -0.126. The van der Waals surface area contributed by atoms with Gasteiger partial charge in [-0.3, -0.25) is 9.69 Å². The molecule has 2 aliphatic rings.